The highest BCUT2D eigenvalue weighted by atomic mass is 32.1. The molecule has 5 heteroatoms. The largest absolute Gasteiger partial charge is 0.353 e. The molecule has 0 spiro atoms. The van der Waals surface area contributed by atoms with Gasteiger partial charge in [0.05, 0.1) is 11.2 Å². The second-order valence-electron chi connectivity index (χ2n) is 7.83. The van der Waals surface area contributed by atoms with Crippen LogP contribution >= 0.6 is 11.3 Å². The Kier molecular flexibility index (Phi) is 4.03. The summed E-state index contributed by atoms with van der Waals surface area (Å²) in [5.41, 5.74) is 7.01. The maximum absolute atomic E-state index is 4.67. The van der Waals surface area contributed by atoms with E-state index in [9.17, 15) is 0 Å². The Morgan fingerprint density at radius 2 is 1.83 bits per heavy atom. The van der Waals surface area contributed by atoms with E-state index >= 15 is 0 Å². The normalized spacial score (nSPS) is 15.4. The fraction of sp³-hybridized carbons (Fsp3) is 0.208. The highest BCUT2D eigenvalue weighted by Crippen LogP contribution is 2.36. The quantitative estimate of drug-likeness (QED) is 0.354. The molecule has 2 aromatic carbocycles. The molecular weight excluding hydrogens is 376 g/mol. The third-order valence-corrected chi connectivity index (χ3v) is 7.01. The summed E-state index contributed by atoms with van der Waals surface area (Å²) in [6.07, 6.45) is 2.41. The molecule has 1 fully saturated rings. The zero-order valence-corrected chi connectivity index (χ0v) is 16.9. The highest BCUT2D eigenvalue weighted by Gasteiger charge is 2.18. The van der Waals surface area contributed by atoms with Gasteiger partial charge in [-0.3, -0.25) is 5.10 Å². The molecule has 29 heavy (non-hydrogen) atoms. The molecule has 0 radical (unpaired) electrons. The number of aromatic amines is 2. The number of hydrogen-bond acceptors (Lipinski definition) is 3. The topological polar surface area (TPSA) is 56.5 Å². The van der Waals surface area contributed by atoms with Gasteiger partial charge in [0.15, 0.2) is 0 Å². The molecule has 6 rings (SSSR count). The van der Waals surface area contributed by atoms with Crippen molar-refractivity contribution < 1.29 is 0 Å². The second kappa shape index (κ2) is 6.87. The number of fused-ring (bicyclic) bond motifs is 2. The van der Waals surface area contributed by atoms with Crippen molar-refractivity contribution in [2.75, 3.05) is 13.1 Å². The predicted octanol–water partition coefficient (Wildman–Crippen LogP) is 5.91. The summed E-state index contributed by atoms with van der Waals surface area (Å²) in [7, 11) is 0. The van der Waals surface area contributed by atoms with Crippen LogP contribution in [0.3, 0.4) is 0 Å². The molecule has 1 saturated heterocycles. The van der Waals surface area contributed by atoms with Gasteiger partial charge in [-0.25, -0.2) is 0 Å². The Labute approximate surface area is 173 Å². The summed E-state index contributed by atoms with van der Waals surface area (Å²) in [6.45, 7) is 2.21. The Morgan fingerprint density at radius 1 is 0.897 bits per heavy atom. The van der Waals surface area contributed by atoms with Gasteiger partial charge in [0.2, 0.25) is 0 Å². The minimum Gasteiger partial charge on any atom is -0.353 e. The summed E-state index contributed by atoms with van der Waals surface area (Å²) in [4.78, 5) is 4.90. The van der Waals surface area contributed by atoms with Gasteiger partial charge >= 0.3 is 0 Å². The fourth-order valence-corrected chi connectivity index (χ4v) is 5.34. The van der Waals surface area contributed by atoms with Gasteiger partial charge in [0, 0.05) is 26.7 Å². The lowest BCUT2D eigenvalue weighted by Crippen LogP contribution is -2.26. The Hall–Kier alpha value is -2.89. The Morgan fingerprint density at radius 3 is 2.69 bits per heavy atom. The minimum absolute atomic E-state index is 0.636. The number of hydrogen-bond donors (Lipinski definition) is 3. The fourth-order valence-electron chi connectivity index (χ4n) is 4.58. The zero-order chi connectivity index (χ0) is 19.2. The first-order chi connectivity index (χ1) is 14.4. The number of H-pyrrole nitrogens is 2. The first kappa shape index (κ1) is 17.0. The lowest BCUT2D eigenvalue weighted by atomic mass is 9.89. The van der Waals surface area contributed by atoms with E-state index in [-0.39, 0.29) is 0 Å². The molecule has 0 atom stereocenters. The molecule has 0 unspecified atom stereocenters. The van der Waals surface area contributed by atoms with Crippen molar-refractivity contribution in [3.05, 3.63) is 65.5 Å². The van der Waals surface area contributed by atoms with E-state index in [1.807, 2.05) is 0 Å². The predicted molar refractivity (Wildman–Crippen MR) is 122 cm³/mol. The van der Waals surface area contributed by atoms with Gasteiger partial charge in [-0.2, -0.15) is 5.10 Å². The molecular formula is C24H22N4S. The van der Waals surface area contributed by atoms with Crippen LogP contribution in [0.25, 0.3) is 43.6 Å². The molecule has 4 heterocycles. The number of thiophene rings is 1. The molecule has 4 nitrogen and oxygen atoms in total. The van der Waals surface area contributed by atoms with Crippen LogP contribution in [0.5, 0.6) is 0 Å². The second-order valence-corrected chi connectivity index (χ2v) is 8.78. The summed E-state index contributed by atoms with van der Waals surface area (Å²) in [6, 6.07) is 19.8. The van der Waals surface area contributed by atoms with Gasteiger partial charge in [0.1, 0.15) is 5.69 Å². The molecule has 0 amide bonds. The van der Waals surface area contributed by atoms with Gasteiger partial charge in [-0.15, -0.1) is 11.3 Å². The molecule has 0 bridgehead atoms. The van der Waals surface area contributed by atoms with Crippen molar-refractivity contribution >= 4 is 33.1 Å². The van der Waals surface area contributed by atoms with Gasteiger partial charge < -0.3 is 10.3 Å². The number of nitrogens with one attached hydrogen (secondary N) is 3. The van der Waals surface area contributed by atoms with Crippen molar-refractivity contribution in [2.24, 2.45) is 0 Å². The number of benzene rings is 2. The summed E-state index contributed by atoms with van der Waals surface area (Å²) >= 11 is 1.78. The van der Waals surface area contributed by atoms with Crippen molar-refractivity contribution in [2.45, 2.75) is 18.8 Å². The molecule has 3 N–H and O–H groups in total. The summed E-state index contributed by atoms with van der Waals surface area (Å²) < 4.78 is 0. The van der Waals surface area contributed by atoms with E-state index < -0.39 is 0 Å². The molecule has 0 aliphatic carbocycles. The van der Waals surface area contributed by atoms with Gasteiger partial charge in [-0.05, 0) is 73.1 Å². The summed E-state index contributed by atoms with van der Waals surface area (Å²) in [5.74, 6) is 0.636. The van der Waals surface area contributed by atoms with Crippen LogP contribution < -0.4 is 5.32 Å². The zero-order valence-electron chi connectivity index (χ0n) is 16.0. The number of aromatic nitrogens is 3. The van der Waals surface area contributed by atoms with Crippen LogP contribution in [0.1, 0.15) is 24.3 Å². The van der Waals surface area contributed by atoms with E-state index in [0.29, 0.717) is 5.92 Å². The molecule has 5 aromatic rings. The maximum Gasteiger partial charge on any atom is 0.116 e. The first-order valence-corrected chi connectivity index (χ1v) is 11.1. The van der Waals surface area contributed by atoms with Crippen LogP contribution in [-0.2, 0) is 0 Å². The van der Waals surface area contributed by atoms with Crippen LogP contribution in [0.2, 0.25) is 0 Å². The van der Waals surface area contributed by atoms with Crippen molar-refractivity contribution in [1.82, 2.24) is 20.5 Å². The van der Waals surface area contributed by atoms with Crippen molar-refractivity contribution in [1.29, 1.82) is 0 Å². The van der Waals surface area contributed by atoms with E-state index in [1.54, 1.807) is 11.3 Å². The average Bonchev–Trinajstić information content (AvgIpc) is 3.52. The van der Waals surface area contributed by atoms with Crippen LogP contribution in [0, 0.1) is 0 Å². The molecule has 1 aliphatic heterocycles. The monoisotopic (exact) mass is 398 g/mol. The van der Waals surface area contributed by atoms with Crippen molar-refractivity contribution in [3.8, 4) is 21.8 Å². The van der Waals surface area contributed by atoms with E-state index in [1.165, 1.54) is 39.6 Å². The van der Waals surface area contributed by atoms with Crippen LogP contribution in [0.15, 0.2) is 60.0 Å². The van der Waals surface area contributed by atoms with E-state index in [2.05, 4.69) is 80.5 Å². The third kappa shape index (κ3) is 2.89. The number of rotatable bonds is 3. The van der Waals surface area contributed by atoms with E-state index in [0.717, 1.165) is 35.5 Å². The molecule has 144 valence electrons. The van der Waals surface area contributed by atoms with Gasteiger partial charge in [0.25, 0.3) is 0 Å². The molecule has 0 saturated carbocycles. The third-order valence-electron chi connectivity index (χ3n) is 6.10. The minimum atomic E-state index is 0.636. The average molecular weight is 399 g/mol. The summed E-state index contributed by atoms with van der Waals surface area (Å²) in [5, 5.41) is 15.9. The maximum atomic E-state index is 4.67. The lowest BCUT2D eigenvalue weighted by molar-refractivity contribution is 0.460. The van der Waals surface area contributed by atoms with Crippen molar-refractivity contribution in [3.63, 3.8) is 0 Å². The van der Waals surface area contributed by atoms with Gasteiger partial charge in [-0.1, -0.05) is 24.3 Å². The first-order valence-electron chi connectivity index (χ1n) is 10.2. The Bertz CT molecular complexity index is 1290. The number of piperidine rings is 1. The Balaban J connectivity index is 1.48. The van der Waals surface area contributed by atoms with Crippen LogP contribution in [-0.4, -0.2) is 28.3 Å². The number of nitrogens with zero attached hydrogens (tertiary/aromatic N) is 1. The standard InChI is InChI=1S/C24H22N4S/c1-3-17(23-5-2-12-29-23)18-14-22(26-20(18)4-1)24-19-13-16(6-7-21(19)27-28-24)15-8-10-25-11-9-15/h1-7,12-15,25-26H,8-11H2,(H,27,28). The SMILES string of the molecule is c1csc(-c2cccc3[nH]c(-c4n[nH]c5ccc(C6CCNCC6)cc45)cc23)c1. The smallest absolute Gasteiger partial charge is 0.116 e. The van der Waals surface area contributed by atoms with Crippen LogP contribution in [0.4, 0.5) is 0 Å². The molecule has 3 aromatic heterocycles. The highest BCUT2D eigenvalue weighted by molar-refractivity contribution is 7.13. The van der Waals surface area contributed by atoms with E-state index in [4.69, 9.17) is 0 Å². The molecule has 1 aliphatic rings. The lowest BCUT2D eigenvalue weighted by Gasteiger charge is -2.23.